The van der Waals surface area contributed by atoms with Gasteiger partial charge in [0.05, 0.1) is 6.10 Å². The van der Waals surface area contributed by atoms with Gasteiger partial charge in [0.1, 0.15) is 0 Å². The van der Waals surface area contributed by atoms with Crippen LogP contribution in [-0.4, -0.2) is 22.9 Å². The molecular weight excluding hydrogens is 260 g/mol. The van der Waals surface area contributed by atoms with E-state index in [-0.39, 0.29) is 29.5 Å². The highest BCUT2D eigenvalue weighted by Crippen LogP contribution is 2.55. The van der Waals surface area contributed by atoms with Crippen molar-refractivity contribution in [3.8, 4) is 0 Å². The monoisotopic (exact) mass is 290 g/mol. The summed E-state index contributed by atoms with van der Waals surface area (Å²) in [5.41, 5.74) is 3.63. The van der Waals surface area contributed by atoms with Crippen LogP contribution in [0.15, 0.2) is 23.3 Å². The zero-order chi connectivity index (χ0) is 15.3. The summed E-state index contributed by atoms with van der Waals surface area (Å²) in [6.07, 6.45) is 10.8. The Morgan fingerprint density at radius 2 is 2.00 bits per heavy atom. The van der Waals surface area contributed by atoms with Crippen LogP contribution >= 0.6 is 0 Å². The van der Waals surface area contributed by atoms with Gasteiger partial charge in [0.15, 0.2) is 0 Å². The summed E-state index contributed by atoms with van der Waals surface area (Å²) in [5, 5.41) is 19.7. The Hall–Kier alpha value is -0.600. The molecule has 3 rings (SSSR count). The fourth-order valence-corrected chi connectivity index (χ4v) is 5.06. The third-order valence-electron chi connectivity index (χ3n) is 6.73. The van der Waals surface area contributed by atoms with Gasteiger partial charge in [-0.25, -0.2) is 0 Å². The first kappa shape index (κ1) is 15.3. The second kappa shape index (κ2) is 5.24. The van der Waals surface area contributed by atoms with E-state index in [9.17, 15) is 10.2 Å². The van der Waals surface area contributed by atoms with Crippen LogP contribution in [0.2, 0.25) is 0 Å². The van der Waals surface area contributed by atoms with Crippen LogP contribution in [0, 0.1) is 22.7 Å². The van der Waals surface area contributed by atoms with Gasteiger partial charge in [-0.05, 0) is 61.3 Å². The van der Waals surface area contributed by atoms with Gasteiger partial charge in [-0.3, -0.25) is 0 Å². The van der Waals surface area contributed by atoms with Gasteiger partial charge in [-0.2, -0.15) is 0 Å². The lowest BCUT2D eigenvalue weighted by Crippen LogP contribution is -2.44. The Labute approximate surface area is 128 Å². The minimum absolute atomic E-state index is 0.188. The van der Waals surface area contributed by atoms with Crippen molar-refractivity contribution in [2.45, 2.75) is 65.4 Å². The minimum atomic E-state index is -0.209. The van der Waals surface area contributed by atoms with Gasteiger partial charge < -0.3 is 10.2 Å². The number of hydrogen-bond acceptors (Lipinski definition) is 2. The Morgan fingerprint density at radius 3 is 2.71 bits per heavy atom. The minimum Gasteiger partial charge on any atom is -0.396 e. The van der Waals surface area contributed by atoms with Crippen molar-refractivity contribution in [2.75, 3.05) is 6.61 Å². The Balaban J connectivity index is 1.81. The number of rotatable bonds is 2. The molecule has 0 heterocycles. The summed E-state index contributed by atoms with van der Waals surface area (Å²) in [5.74, 6) is 0.909. The van der Waals surface area contributed by atoms with Gasteiger partial charge in [0.25, 0.3) is 0 Å². The Kier molecular flexibility index (Phi) is 3.82. The van der Waals surface area contributed by atoms with E-state index in [1.807, 2.05) is 0 Å². The lowest BCUT2D eigenvalue weighted by molar-refractivity contribution is -0.0453. The smallest absolute Gasteiger partial charge is 0.0544 e. The van der Waals surface area contributed by atoms with Crippen LogP contribution in [0.4, 0.5) is 0 Å². The molecular formula is C19H30O2. The third kappa shape index (κ3) is 2.51. The van der Waals surface area contributed by atoms with Crippen molar-refractivity contribution >= 4 is 0 Å². The third-order valence-corrected chi connectivity index (χ3v) is 6.73. The average molecular weight is 290 g/mol. The molecule has 3 aliphatic rings. The van der Waals surface area contributed by atoms with Crippen LogP contribution < -0.4 is 0 Å². The molecule has 1 fully saturated rings. The molecule has 0 spiro atoms. The summed E-state index contributed by atoms with van der Waals surface area (Å²) >= 11 is 0. The van der Waals surface area contributed by atoms with E-state index in [0.717, 1.165) is 19.3 Å². The molecule has 0 aromatic heterocycles. The first-order valence-corrected chi connectivity index (χ1v) is 8.57. The van der Waals surface area contributed by atoms with Crippen LogP contribution in [-0.2, 0) is 0 Å². The first-order chi connectivity index (χ1) is 9.87. The molecule has 0 radical (unpaired) electrons. The van der Waals surface area contributed by atoms with Crippen LogP contribution in [0.3, 0.4) is 0 Å². The molecule has 0 amide bonds. The number of allylic oxidation sites excluding steroid dienone is 4. The topological polar surface area (TPSA) is 40.5 Å². The zero-order valence-corrected chi connectivity index (χ0v) is 13.7. The zero-order valence-electron chi connectivity index (χ0n) is 13.7. The van der Waals surface area contributed by atoms with E-state index in [4.69, 9.17) is 0 Å². The predicted molar refractivity (Wildman–Crippen MR) is 85.8 cm³/mol. The molecule has 2 N–H and O–H groups in total. The van der Waals surface area contributed by atoms with Crippen molar-refractivity contribution in [3.63, 3.8) is 0 Å². The molecule has 2 nitrogen and oxygen atoms in total. The summed E-state index contributed by atoms with van der Waals surface area (Å²) in [7, 11) is 0. The van der Waals surface area contributed by atoms with E-state index >= 15 is 0 Å². The molecule has 0 saturated heterocycles. The Morgan fingerprint density at radius 1 is 1.24 bits per heavy atom. The summed E-state index contributed by atoms with van der Waals surface area (Å²) in [6, 6.07) is 0. The van der Waals surface area contributed by atoms with Crippen molar-refractivity contribution in [1.82, 2.24) is 0 Å². The summed E-state index contributed by atoms with van der Waals surface area (Å²) in [6.45, 7) is 7.22. The second-order valence-electron chi connectivity index (χ2n) is 8.31. The fourth-order valence-electron chi connectivity index (χ4n) is 5.06. The molecule has 4 unspecified atom stereocenters. The van der Waals surface area contributed by atoms with E-state index in [1.165, 1.54) is 19.3 Å². The van der Waals surface area contributed by atoms with Gasteiger partial charge in [0, 0.05) is 12.0 Å². The van der Waals surface area contributed by atoms with Crippen molar-refractivity contribution < 1.29 is 10.2 Å². The maximum Gasteiger partial charge on any atom is 0.0544 e. The molecule has 118 valence electrons. The molecule has 21 heavy (non-hydrogen) atoms. The summed E-state index contributed by atoms with van der Waals surface area (Å²) < 4.78 is 0. The van der Waals surface area contributed by atoms with E-state index < -0.39 is 0 Å². The van der Waals surface area contributed by atoms with Gasteiger partial charge >= 0.3 is 0 Å². The predicted octanol–water partition coefficient (Wildman–Crippen LogP) is 3.84. The highest BCUT2D eigenvalue weighted by Gasteiger charge is 2.46. The standard InChI is InChI=1S/C19H30O2/c1-18(2)8-6-13-10-14(4-5-17(13)18)19(3)9-7-16(21)11-15(19)12-20/h6,8,14-16,20-21H,4-5,7,9-12H2,1-3H3. The molecule has 2 heteroatoms. The molecule has 3 aliphatic carbocycles. The van der Waals surface area contributed by atoms with Crippen LogP contribution in [0.5, 0.6) is 0 Å². The number of aliphatic hydroxyl groups excluding tert-OH is 2. The van der Waals surface area contributed by atoms with Gasteiger partial charge in [-0.1, -0.05) is 38.5 Å². The quantitative estimate of drug-likeness (QED) is 0.811. The van der Waals surface area contributed by atoms with E-state index in [2.05, 4.69) is 32.9 Å². The van der Waals surface area contributed by atoms with Crippen molar-refractivity contribution in [3.05, 3.63) is 23.3 Å². The van der Waals surface area contributed by atoms with Crippen LogP contribution in [0.1, 0.15) is 59.3 Å². The van der Waals surface area contributed by atoms with Crippen molar-refractivity contribution in [1.29, 1.82) is 0 Å². The lowest BCUT2D eigenvalue weighted by Gasteiger charge is -2.49. The molecule has 0 bridgehead atoms. The SMILES string of the molecule is CC1(C)C=CC2=C1CCC(C1(C)CCC(O)CC1CO)C2. The highest BCUT2D eigenvalue weighted by molar-refractivity contribution is 5.42. The maximum atomic E-state index is 9.93. The van der Waals surface area contributed by atoms with Crippen LogP contribution in [0.25, 0.3) is 0 Å². The average Bonchev–Trinajstić information content (AvgIpc) is 2.77. The molecule has 4 atom stereocenters. The van der Waals surface area contributed by atoms with Gasteiger partial charge in [-0.15, -0.1) is 0 Å². The van der Waals surface area contributed by atoms with Gasteiger partial charge in [0.2, 0.25) is 0 Å². The molecule has 0 aliphatic heterocycles. The molecule has 0 aromatic rings. The Bertz CT molecular complexity index is 474. The molecule has 1 saturated carbocycles. The summed E-state index contributed by atoms with van der Waals surface area (Å²) in [4.78, 5) is 0. The lowest BCUT2D eigenvalue weighted by atomic mass is 9.56. The second-order valence-corrected chi connectivity index (χ2v) is 8.31. The largest absolute Gasteiger partial charge is 0.396 e. The van der Waals surface area contributed by atoms with Crippen molar-refractivity contribution in [2.24, 2.45) is 22.7 Å². The van der Waals surface area contributed by atoms with E-state index in [0.29, 0.717) is 5.92 Å². The first-order valence-electron chi connectivity index (χ1n) is 8.57. The fraction of sp³-hybridized carbons (Fsp3) is 0.789. The highest BCUT2D eigenvalue weighted by atomic mass is 16.3. The number of aliphatic hydroxyl groups is 2. The maximum absolute atomic E-state index is 9.93. The number of hydrogen-bond donors (Lipinski definition) is 2. The normalized spacial score (nSPS) is 42.2. The van der Waals surface area contributed by atoms with E-state index in [1.54, 1.807) is 11.1 Å². The molecule has 0 aromatic carbocycles.